The summed E-state index contributed by atoms with van der Waals surface area (Å²) in [6.45, 7) is 7.51. The Morgan fingerprint density at radius 1 is 1.08 bits per heavy atom. The number of Topliss-reactive ketones (excluding diaryl/α,β-unsaturated/α-hetero) is 1. The minimum absolute atomic E-state index is 0.0222. The molecule has 8 heteroatoms. The summed E-state index contributed by atoms with van der Waals surface area (Å²) in [5.41, 5.74) is 6.10. The standard InChI is InChI=1S/C31H29N3O4S/c1-6-25-27(30(37)38-5)28(22-10-8-7-9-11-22)34-29(36)26(39-31(34)32-25)17-23-16-18(2)33(19(23)3)24-14-12-21(13-15-24)20(4)35/h7-17,28H,6H2,1-5H3/b26-17-/t28-/m1/s1. The van der Waals surface area contributed by atoms with Crippen molar-refractivity contribution in [2.75, 3.05) is 7.11 Å². The number of carbonyl (C=O) groups is 2. The SMILES string of the molecule is CCC1=C(C(=O)OC)[C@@H](c2ccccc2)n2c(s/c(=C\c3cc(C)n(-c4ccc(C(C)=O)cc4)c3C)c2=O)=N1. The van der Waals surface area contributed by atoms with Gasteiger partial charge in [0.1, 0.15) is 0 Å². The van der Waals surface area contributed by atoms with Crippen LogP contribution in [0.5, 0.6) is 0 Å². The molecule has 3 heterocycles. The smallest absolute Gasteiger partial charge is 0.338 e. The number of nitrogens with zero attached hydrogens (tertiary/aromatic N) is 3. The summed E-state index contributed by atoms with van der Waals surface area (Å²) in [5.74, 6) is -0.466. The molecule has 1 aliphatic heterocycles. The second-order valence-electron chi connectivity index (χ2n) is 9.46. The van der Waals surface area contributed by atoms with Gasteiger partial charge in [-0.05, 0) is 74.7 Å². The third-order valence-electron chi connectivity index (χ3n) is 7.05. The van der Waals surface area contributed by atoms with Gasteiger partial charge in [-0.15, -0.1) is 0 Å². The average molecular weight is 540 g/mol. The molecule has 0 aliphatic carbocycles. The zero-order valence-corrected chi connectivity index (χ0v) is 23.3. The number of benzene rings is 2. The number of aromatic nitrogens is 2. The summed E-state index contributed by atoms with van der Waals surface area (Å²) in [6, 6.07) is 18.4. The molecule has 0 fully saturated rings. The fourth-order valence-electron chi connectivity index (χ4n) is 5.13. The number of ether oxygens (including phenoxy) is 1. The summed E-state index contributed by atoms with van der Waals surface area (Å²) in [5, 5.41) is 0. The molecule has 2 aromatic heterocycles. The lowest BCUT2D eigenvalue weighted by Gasteiger charge is -2.25. The number of hydrogen-bond acceptors (Lipinski definition) is 6. The number of esters is 1. The fraction of sp³-hybridized carbons (Fsp3) is 0.226. The van der Waals surface area contributed by atoms with Crippen molar-refractivity contribution >= 4 is 29.2 Å². The first-order valence-corrected chi connectivity index (χ1v) is 13.5. The molecule has 0 saturated carbocycles. The summed E-state index contributed by atoms with van der Waals surface area (Å²) in [6.07, 6.45) is 2.42. The van der Waals surface area contributed by atoms with Crippen molar-refractivity contribution in [3.05, 3.63) is 120 Å². The van der Waals surface area contributed by atoms with Gasteiger partial charge in [0, 0.05) is 22.6 Å². The van der Waals surface area contributed by atoms with E-state index >= 15 is 0 Å². The third kappa shape index (κ3) is 4.61. The zero-order valence-electron chi connectivity index (χ0n) is 22.5. The summed E-state index contributed by atoms with van der Waals surface area (Å²) >= 11 is 1.32. The lowest BCUT2D eigenvalue weighted by molar-refractivity contribution is -0.136. The van der Waals surface area contributed by atoms with Crippen LogP contribution >= 0.6 is 11.3 Å². The molecule has 0 spiro atoms. The molecule has 5 rings (SSSR count). The van der Waals surface area contributed by atoms with Crippen molar-refractivity contribution in [1.82, 2.24) is 9.13 Å². The fourth-order valence-corrected chi connectivity index (χ4v) is 6.14. The molecular formula is C31H29N3O4S. The highest BCUT2D eigenvalue weighted by atomic mass is 32.1. The molecule has 4 aromatic rings. The van der Waals surface area contributed by atoms with Crippen LogP contribution in [-0.2, 0) is 9.53 Å². The Bertz CT molecular complexity index is 1810. The Kier molecular flexibility index (Phi) is 7.06. The van der Waals surface area contributed by atoms with E-state index in [9.17, 15) is 14.4 Å². The minimum atomic E-state index is -0.626. The molecule has 0 unspecified atom stereocenters. The van der Waals surface area contributed by atoms with E-state index in [1.165, 1.54) is 18.4 Å². The molecule has 0 bridgehead atoms. The van der Waals surface area contributed by atoms with Crippen LogP contribution < -0.4 is 14.9 Å². The molecule has 2 aromatic carbocycles. The Hall–Kier alpha value is -4.30. The first-order valence-electron chi connectivity index (χ1n) is 12.7. The third-order valence-corrected chi connectivity index (χ3v) is 8.04. The number of hydrogen-bond donors (Lipinski definition) is 0. The van der Waals surface area contributed by atoms with E-state index in [-0.39, 0.29) is 11.3 Å². The van der Waals surface area contributed by atoms with Crippen LogP contribution in [0.3, 0.4) is 0 Å². The van der Waals surface area contributed by atoms with Crippen LogP contribution in [0.15, 0.2) is 81.7 Å². The first kappa shape index (κ1) is 26.3. The van der Waals surface area contributed by atoms with Crippen molar-refractivity contribution in [3.63, 3.8) is 0 Å². The minimum Gasteiger partial charge on any atom is -0.466 e. The van der Waals surface area contributed by atoms with Gasteiger partial charge in [-0.2, -0.15) is 0 Å². The van der Waals surface area contributed by atoms with E-state index in [0.717, 1.165) is 28.2 Å². The Morgan fingerprint density at radius 2 is 1.77 bits per heavy atom. The van der Waals surface area contributed by atoms with Crippen LogP contribution in [0.1, 0.15) is 59.2 Å². The van der Waals surface area contributed by atoms with E-state index in [0.29, 0.717) is 32.6 Å². The van der Waals surface area contributed by atoms with Crippen molar-refractivity contribution < 1.29 is 14.3 Å². The van der Waals surface area contributed by atoms with Crippen molar-refractivity contribution in [3.8, 4) is 5.69 Å². The highest BCUT2D eigenvalue weighted by molar-refractivity contribution is 7.07. The second kappa shape index (κ2) is 10.5. The predicted molar refractivity (Wildman–Crippen MR) is 152 cm³/mol. The van der Waals surface area contributed by atoms with E-state index in [4.69, 9.17) is 9.73 Å². The Balaban J connectivity index is 1.68. The molecule has 1 atom stereocenters. The molecule has 7 nitrogen and oxygen atoms in total. The van der Waals surface area contributed by atoms with Gasteiger partial charge >= 0.3 is 5.97 Å². The summed E-state index contributed by atoms with van der Waals surface area (Å²) in [4.78, 5) is 43.8. The van der Waals surface area contributed by atoms with Gasteiger partial charge in [-0.1, -0.05) is 48.6 Å². The number of ketones is 1. The van der Waals surface area contributed by atoms with Gasteiger partial charge in [-0.25, -0.2) is 9.79 Å². The maximum Gasteiger partial charge on any atom is 0.338 e. The summed E-state index contributed by atoms with van der Waals surface area (Å²) < 4.78 is 9.37. The molecule has 0 N–H and O–H groups in total. The molecular weight excluding hydrogens is 510 g/mol. The number of rotatable bonds is 6. The van der Waals surface area contributed by atoms with Crippen LogP contribution in [-0.4, -0.2) is 28.0 Å². The van der Waals surface area contributed by atoms with Crippen molar-refractivity contribution in [2.45, 2.75) is 40.2 Å². The van der Waals surface area contributed by atoms with E-state index < -0.39 is 12.0 Å². The summed E-state index contributed by atoms with van der Waals surface area (Å²) in [7, 11) is 1.35. The largest absolute Gasteiger partial charge is 0.466 e. The predicted octanol–water partition coefficient (Wildman–Crippen LogP) is 4.41. The quantitative estimate of drug-likeness (QED) is 0.269. The highest BCUT2D eigenvalue weighted by Gasteiger charge is 2.33. The molecule has 0 amide bonds. The number of thiazole rings is 1. The Morgan fingerprint density at radius 3 is 2.38 bits per heavy atom. The van der Waals surface area contributed by atoms with E-state index in [1.54, 1.807) is 11.5 Å². The van der Waals surface area contributed by atoms with Crippen LogP contribution in [0, 0.1) is 13.8 Å². The van der Waals surface area contributed by atoms with Gasteiger partial charge < -0.3 is 9.30 Å². The number of methoxy groups -OCH3 is 1. The average Bonchev–Trinajstić information content (AvgIpc) is 3.41. The van der Waals surface area contributed by atoms with Gasteiger partial charge in [-0.3, -0.25) is 14.2 Å². The number of allylic oxidation sites excluding steroid dienone is 1. The van der Waals surface area contributed by atoms with Gasteiger partial charge in [0.2, 0.25) is 0 Å². The Labute approximate surface area is 230 Å². The normalized spacial score (nSPS) is 15.2. The molecule has 0 saturated heterocycles. The topological polar surface area (TPSA) is 82.7 Å². The molecule has 0 radical (unpaired) electrons. The lowest BCUT2D eigenvalue weighted by atomic mass is 9.95. The van der Waals surface area contributed by atoms with Crippen molar-refractivity contribution in [1.29, 1.82) is 0 Å². The number of fused-ring (bicyclic) bond motifs is 1. The molecule has 198 valence electrons. The van der Waals surface area contributed by atoms with Gasteiger partial charge in [0.25, 0.3) is 5.56 Å². The highest BCUT2D eigenvalue weighted by Crippen LogP contribution is 2.31. The number of carbonyl (C=O) groups excluding carboxylic acids is 2. The lowest BCUT2D eigenvalue weighted by Crippen LogP contribution is -2.40. The van der Waals surface area contributed by atoms with Gasteiger partial charge in [0.15, 0.2) is 10.6 Å². The molecule has 1 aliphatic rings. The van der Waals surface area contributed by atoms with Crippen molar-refractivity contribution in [2.24, 2.45) is 4.99 Å². The zero-order chi connectivity index (χ0) is 27.8. The van der Waals surface area contributed by atoms with Crippen LogP contribution in [0.4, 0.5) is 0 Å². The van der Waals surface area contributed by atoms with Gasteiger partial charge in [0.05, 0.1) is 29.0 Å². The van der Waals surface area contributed by atoms with E-state index in [2.05, 4.69) is 4.57 Å². The maximum absolute atomic E-state index is 13.9. The van der Waals surface area contributed by atoms with E-state index in [1.807, 2.05) is 87.5 Å². The number of aryl methyl sites for hydroxylation is 1. The first-order chi connectivity index (χ1) is 18.7. The second-order valence-corrected chi connectivity index (χ2v) is 10.5. The molecule has 39 heavy (non-hydrogen) atoms. The maximum atomic E-state index is 13.9. The monoisotopic (exact) mass is 539 g/mol. The van der Waals surface area contributed by atoms with Crippen LogP contribution in [0.25, 0.3) is 11.8 Å². The van der Waals surface area contributed by atoms with Crippen LogP contribution in [0.2, 0.25) is 0 Å².